The molecule has 0 aliphatic carbocycles. The van der Waals surface area contributed by atoms with Gasteiger partial charge in [0.2, 0.25) is 0 Å². The first-order valence-electron chi connectivity index (χ1n) is 5.20. The zero-order valence-electron chi connectivity index (χ0n) is 9.64. The first kappa shape index (κ1) is 13.0. The Kier molecular flexibility index (Phi) is 4.33. The Labute approximate surface area is 117 Å². The molecule has 0 aliphatic rings. The number of hydrogen-bond donors (Lipinski definition) is 1. The van der Waals surface area contributed by atoms with E-state index >= 15 is 0 Å². The van der Waals surface area contributed by atoms with Crippen LogP contribution in [0.1, 0.15) is 15.2 Å². The molecule has 1 N–H and O–H groups in total. The summed E-state index contributed by atoms with van der Waals surface area (Å²) in [6, 6.07) is 5.32. The van der Waals surface area contributed by atoms with Crippen LogP contribution in [0.3, 0.4) is 0 Å². The highest BCUT2D eigenvalue weighted by Crippen LogP contribution is 2.22. The number of rotatable bonds is 4. The van der Waals surface area contributed by atoms with Gasteiger partial charge in [0.25, 0.3) is 5.91 Å². The van der Waals surface area contributed by atoms with Crippen LogP contribution >= 0.6 is 27.3 Å². The lowest BCUT2D eigenvalue weighted by molar-refractivity contribution is 0.0948. The molecule has 0 unspecified atom stereocenters. The van der Waals surface area contributed by atoms with E-state index in [0.29, 0.717) is 17.9 Å². The van der Waals surface area contributed by atoms with E-state index in [9.17, 15) is 4.79 Å². The molecule has 2 rings (SSSR count). The minimum absolute atomic E-state index is 0.165. The van der Waals surface area contributed by atoms with Crippen molar-refractivity contribution in [2.75, 3.05) is 7.11 Å². The average molecular weight is 327 g/mol. The predicted molar refractivity (Wildman–Crippen MR) is 74.0 cm³/mol. The molecule has 6 heteroatoms. The molecule has 0 spiro atoms. The number of thiazole rings is 1. The third-order valence-corrected chi connectivity index (χ3v) is 3.59. The Morgan fingerprint density at radius 3 is 3.06 bits per heavy atom. The van der Waals surface area contributed by atoms with Crippen LogP contribution in [0.15, 0.2) is 34.4 Å². The van der Waals surface area contributed by atoms with Gasteiger partial charge in [-0.15, -0.1) is 11.3 Å². The van der Waals surface area contributed by atoms with Gasteiger partial charge in [-0.1, -0.05) is 15.9 Å². The minimum Gasteiger partial charge on any atom is -0.496 e. The van der Waals surface area contributed by atoms with E-state index in [-0.39, 0.29) is 5.91 Å². The van der Waals surface area contributed by atoms with E-state index in [2.05, 4.69) is 26.2 Å². The molecule has 0 saturated carbocycles. The van der Waals surface area contributed by atoms with E-state index < -0.39 is 0 Å². The van der Waals surface area contributed by atoms with E-state index in [1.165, 1.54) is 11.3 Å². The Morgan fingerprint density at radius 1 is 1.56 bits per heavy atom. The quantitative estimate of drug-likeness (QED) is 0.939. The predicted octanol–water partition coefficient (Wildman–Crippen LogP) is 2.84. The fourth-order valence-corrected chi connectivity index (χ4v) is 2.35. The summed E-state index contributed by atoms with van der Waals surface area (Å²) in [5.41, 5.74) is 2.25. The monoisotopic (exact) mass is 326 g/mol. The summed E-state index contributed by atoms with van der Waals surface area (Å²) in [4.78, 5) is 17.0. The summed E-state index contributed by atoms with van der Waals surface area (Å²) < 4.78 is 6.01. The molecule has 18 heavy (non-hydrogen) atoms. The fraction of sp³-hybridized carbons (Fsp3) is 0.167. The maximum absolute atomic E-state index is 12.0. The molecule has 94 valence electrons. The molecule has 0 aliphatic heterocycles. The van der Waals surface area contributed by atoms with Gasteiger partial charge in [0, 0.05) is 15.5 Å². The fourth-order valence-electron chi connectivity index (χ4n) is 1.45. The van der Waals surface area contributed by atoms with Gasteiger partial charge in [-0.05, 0) is 18.2 Å². The molecule has 1 aromatic carbocycles. The van der Waals surface area contributed by atoms with Crippen LogP contribution in [0.2, 0.25) is 0 Å². The third kappa shape index (κ3) is 3.08. The summed E-state index contributed by atoms with van der Waals surface area (Å²) >= 11 is 4.85. The number of hydrogen-bond acceptors (Lipinski definition) is 4. The molecule has 0 atom stereocenters. The molecule has 1 aromatic heterocycles. The van der Waals surface area contributed by atoms with Gasteiger partial charge in [0.1, 0.15) is 5.75 Å². The Hall–Kier alpha value is -1.40. The Balaban J connectivity index is 2.10. The standard InChI is InChI=1S/C12H11BrN2O2S/c1-17-11-3-2-8(13)4-10(11)12(16)15-6-9-5-14-7-18-9/h2-5,7H,6H2,1H3,(H,15,16). The number of nitrogens with one attached hydrogen (secondary N) is 1. The molecule has 0 radical (unpaired) electrons. The summed E-state index contributed by atoms with van der Waals surface area (Å²) in [7, 11) is 1.54. The highest BCUT2D eigenvalue weighted by molar-refractivity contribution is 9.10. The number of carbonyl (C=O) groups excluding carboxylic acids is 1. The van der Waals surface area contributed by atoms with Crippen molar-refractivity contribution in [3.63, 3.8) is 0 Å². The van der Waals surface area contributed by atoms with Crippen LogP contribution in [0.4, 0.5) is 0 Å². The summed E-state index contributed by atoms with van der Waals surface area (Å²) in [6.07, 6.45) is 1.74. The van der Waals surface area contributed by atoms with Crippen molar-refractivity contribution in [2.24, 2.45) is 0 Å². The van der Waals surface area contributed by atoms with Gasteiger partial charge in [0.05, 0.1) is 24.7 Å². The van der Waals surface area contributed by atoms with Crippen LogP contribution in [0, 0.1) is 0 Å². The van der Waals surface area contributed by atoms with Crippen molar-refractivity contribution in [1.82, 2.24) is 10.3 Å². The van der Waals surface area contributed by atoms with E-state index in [4.69, 9.17) is 4.74 Å². The second kappa shape index (κ2) is 5.97. The number of carbonyl (C=O) groups is 1. The normalized spacial score (nSPS) is 10.1. The van der Waals surface area contributed by atoms with Crippen molar-refractivity contribution < 1.29 is 9.53 Å². The number of nitrogens with zero attached hydrogens (tertiary/aromatic N) is 1. The minimum atomic E-state index is -0.165. The second-order valence-electron chi connectivity index (χ2n) is 3.50. The zero-order valence-corrected chi connectivity index (χ0v) is 12.0. The van der Waals surface area contributed by atoms with Gasteiger partial charge in [-0.25, -0.2) is 0 Å². The molecule has 0 fully saturated rings. The summed E-state index contributed by atoms with van der Waals surface area (Å²) in [5.74, 6) is 0.390. The van der Waals surface area contributed by atoms with Crippen LogP contribution in [0.25, 0.3) is 0 Å². The highest BCUT2D eigenvalue weighted by atomic mass is 79.9. The Morgan fingerprint density at radius 2 is 2.39 bits per heavy atom. The van der Waals surface area contributed by atoms with Gasteiger partial charge in [0.15, 0.2) is 0 Å². The number of amides is 1. The maximum Gasteiger partial charge on any atom is 0.255 e. The van der Waals surface area contributed by atoms with Crippen molar-refractivity contribution in [2.45, 2.75) is 6.54 Å². The number of halogens is 1. The Bertz CT molecular complexity index is 543. The summed E-state index contributed by atoms with van der Waals surface area (Å²) in [6.45, 7) is 0.471. The number of methoxy groups -OCH3 is 1. The third-order valence-electron chi connectivity index (χ3n) is 2.31. The first-order chi connectivity index (χ1) is 8.70. The van der Waals surface area contributed by atoms with E-state index in [1.807, 2.05) is 6.07 Å². The van der Waals surface area contributed by atoms with Gasteiger partial charge in [-0.3, -0.25) is 9.78 Å². The molecule has 1 amide bonds. The second-order valence-corrected chi connectivity index (χ2v) is 5.38. The highest BCUT2D eigenvalue weighted by Gasteiger charge is 2.12. The van der Waals surface area contributed by atoms with Crippen molar-refractivity contribution in [3.8, 4) is 5.75 Å². The summed E-state index contributed by atoms with van der Waals surface area (Å²) in [5, 5.41) is 2.83. The van der Waals surface area contributed by atoms with Crippen molar-refractivity contribution in [1.29, 1.82) is 0 Å². The van der Waals surface area contributed by atoms with Crippen molar-refractivity contribution >= 4 is 33.2 Å². The van der Waals surface area contributed by atoms with Crippen LogP contribution in [-0.2, 0) is 6.54 Å². The number of ether oxygens (including phenoxy) is 1. The molecular formula is C12H11BrN2O2S. The molecule has 0 saturated heterocycles. The number of aromatic nitrogens is 1. The SMILES string of the molecule is COc1ccc(Br)cc1C(=O)NCc1cncs1. The smallest absolute Gasteiger partial charge is 0.255 e. The van der Waals surface area contributed by atoms with Crippen molar-refractivity contribution in [3.05, 3.63) is 44.8 Å². The van der Waals surface area contributed by atoms with Crippen LogP contribution in [0.5, 0.6) is 5.75 Å². The topological polar surface area (TPSA) is 51.2 Å². The maximum atomic E-state index is 12.0. The van der Waals surface area contributed by atoms with Crippen LogP contribution < -0.4 is 10.1 Å². The molecule has 2 aromatic rings. The molecule has 4 nitrogen and oxygen atoms in total. The van der Waals surface area contributed by atoms with Crippen LogP contribution in [-0.4, -0.2) is 18.0 Å². The average Bonchev–Trinajstić information content (AvgIpc) is 2.89. The molecule has 1 heterocycles. The zero-order chi connectivity index (χ0) is 13.0. The first-order valence-corrected chi connectivity index (χ1v) is 6.87. The van der Waals surface area contributed by atoms with E-state index in [1.54, 1.807) is 30.9 Å². The lowest BCUT2D eigenvalue weighted by Crippen LogP contribution is -2.22. The molecular weight excluding hydrogens is 316 g/mol. The van der Waals surface area contributed by atoms with Gasteiger partial charge in [-0.2, -0.15) is 0 Å². The molecule has 0 bridgehead atoms. The lowest BCUT2D eigenvalue weighted by Gasteiger charge is -2.09. The lowest BCUT2D eigenvalue weighted by atomic mass is 10.2. The van der Waals surface area contributed by atoms with Gasteiger partial charge < -0.3 is 10.1 Å². The van der Waals surface area contributed by atoms with E-state index in [0.717, 1.165) is 9.35 Å². The largest absolute Gasteiger partial charge is 0.496 e. The van der Waals surface area contributed by atoms with Gasteiger partial charge >= 0.3 is 0 Å². The number of benzene rings is 1.